The molecular formula is C19H25ClN2O2S. The first kappa shape index (κ1) is 19.9. The molecule has 0 amide bonds. The van der Waals surface area contributed by atoms with Crippen LogP contribution in [-0.2, 0) is 10.0 Å². The predicted molar refractivity (Wildman–Crippen MR) is 104 cm³/mol. The zero-order valence-electron chi connectivity index (χ0n) is 14.5. The maximum Gasteiger partial charge on any atom is 0.243 e. The van der Waals surface area contributed by atoms with E-state index in [1.54, 1.807) is 12.1 Å². The molecule has 0 aromatic heterocycles. The van der Waals surface area contributed by atoms with Crippen molar-refractivity contribution in [1.29, 1.82) is 0 Å². The van der Waals surface area contributed by atoms with Crippen LogP contribution in [0.25, 0.3) is 0 Å². The van der Waals surface area contributed by atoms with E-state index in [9.17, 15) is 8.42 Å². The van der Waals surface area contributed by atoms with E-state index in [2.05, 4.69) is 0 Å². The number of rotatable bonds is 4. The number of sulfonamides is 1. The van der Waals surface area contributed by atoms with Gasteiger partial charge in [0.05, 0.1) is 4.90 Å². The van der Waals surface area contributed by atoms with Crippen LogP contribution in [0, 0.1) is 0 Å². The van der Waals surface area contributed by atoms with Crippen LogP contribution >= 0.6 is 12.4 Å². The summed E-state index contributed by atoms with van der Waals surface area (Å²) in [4.78, 5) is 0.404. The fourth-order valence-corrected chi connectivity index (χ4v) is 5.23. The first-order valence-electron chi connectivity index (χ1n) is 8.31. The lowest BCUT2D eigenvalue weighted by Gasteiger charge is -2.20. The molecule has 4 nitrogen and oxygen atoms in total. The lowest BCUT2D eigenvalue weighted by Crippen LogP contribution is -2.32. The fourth-order valence-electron chi connectivity index (χ4n) is 3.37. The highest BCUT2D eigenvalue weighted by molar-refractivity contribution is 7.89. The summed E-state index contributed by atoms with van der Waals surface area (Å²) in [5.74, 6) is 0.185. The SMILES string of the molecule is CC(C)c1ccccc1S(=O)(=O)N1C[C@@H](N)[C@H](c2ccccc2)C1.Cl. The lowest BCUT2D eigenvalue weighted by molar-refractivity contribution is 0.469. The molecule has 0 aliphatic carbocycles. The topological polar surface area (TPSA) is 63.4 Å². The minimum Gasteiger partial charge on any atom is -0.326 e. The molecule has 0 saturated carbocycles. The van der Waals surface area contributed by atoms with Gasteiger partial charge in [-0.05, 0) is 23.1 Å². The van der Waals surface area contributed by atoms with Gasteiger partial charge >= 0.3 is 0 Å². The molecule has 1 heterocycles. The number of hydrogen-bond acceptors (Lipinski definition) is 3. The number of halogens is 1. The van der Waals surface area contributed by atoms with E-state index in [0.717, 1.165) is 11.1 Å². The quantitative estimate of drug-likeness (QED) is 0.884. The Bertz CT molecular complexity index is 809. The van der Waals surface area contributed by atoms with Crippen LogP contribution in [0.3, 0.4) is 0 Å². The van der Waals surface area contributed by atoms with Gasteiger partial charge in [0.2, 0.25) is 10.0 Å². The van der Waals surface area contributed by atoms with Crippen molar-refractivity contribution < 1.29 is 8.42 Å². The minimum atomic E-state index is -3.53. The maximum absolute atomic E-state index is 13.2. The molecule has 0 bridgehead atoms. The zero-order valence-corrected chi connectivity index (χ0v) is 16.1. The number of nitrogens with zero attached hydrogens (tertiary/aromatic N) is 1. The van der Waals surface area contributed by atoms with Crippen LogP contribution in [0.5, 0.6) is 0 Å². The molecule has 136 valence electrons. The van der Waals surface area contributed by atoms with Gasteiger partial charge in [-0.3, -0.25) is 0 Å². The highest BCUT2D eigenvalue weighted by atomic mass is 35.5. The van der Waals surface area contributed by atoms with Crippen molar-refractivity contribution in [2.45, 2.75) is 36.6 Å². The smallest absolute Gasteiger partial charge is 0.243 e. The molecule has 1 saturated heterocycles. The van der Waals surface area contributed by atoms with E-state index < -0.39 is 10.0 Å². The van der Waals surface area contributed by atoms with Gasteiger partial charge in [-0.2, -0.15) is 4.31 Å². The summed E-state index contributed by atoms with van der Waals surface area (Å²) >= 11 is 0. The average Bonchev–Trinajstić information content (AvgIpc) is 2.98. The number of benzene rings is 2. The summed E-state index contributed by atoms with van der Waals surface area (Å²) in [6.07, 6.45) is 0. The van der Waals surface area contributed by atoms with E-state index in [1.165, 1.54) is 4.31 Å². The van der Waals surface area contributed by atoms with Crippen molar-refractivity contribution in [1.82, 2.24) is 4.31 Å². The van der Waals surface area contributed by atoms with Gasteiger partial charge in [0, 0.05) is 25.0 Å². The maximum atomic E-state index is 13.2. The predicted octanol–water partition coefficient (Wildman–Crippen LogP) is 3.35. The first-order chi connectivity index (χ1) is 11.4. The molecule has 0 unspecified atom stereocenters. The second kappa shape index (κ2) is 7.87. The Morgan fingerprint density at radius 1 is 1.00 bits per heavy atom. The van der Waals surface area contributed by atoms with Gasteiger partial charge in [-0.25, -0.2) is 8.42 Å². The molecule has 6 heteroatoms. The Morgan fingerprint density at radius 3 is 2.24 bits per heavy atom. The van der Waals surface area contributed by atoms with E-state index in [4.69, 9.17) is 5.73 Å². The first-order valence-corrected chi connectivity index (χ1v) is 9.75. The third-order valence-electron chi connectivity index (χ3n) is 4.72. The van der Waals surface area contributed by atoms with Crippen molar-refractivity contribution in [3.63, 3.8) is 0 Å². The second-order valence-corrected chi connectivity index (χ2v) is 8.60. The Kier molecular flexibility index (Phi) is 6.27. The van der Waals surface area contributed by atoms with Crippen LogP contribution in [-0.4, -0.2) is 31.9 Å². The van der Waals surface area contributed by atoms with Gasteiger partial charge in [-0.1, -0.05) is 62.4 Å². The Hall–Kier alpha value is -1.40. The zero-order chi connectivity index (χ0) is 17.3. The van der Waals surface area contributed by atoms with Crippen molar-refractivity contribution in [2.24, 2.45) is 5.73 Å². The summed E-state index contributed by atoms with van der Waals surface area (Å²) in [7, 11) is -3.53. The highest BCUT2D eigenvalue weighted by Crippen LogP contribution is 2.33. The second-order valence-electron chi connectivity index (χ2n) is 6.70. The van der Waals surface area contributed by atoms with Crippen molar-refractivity contribution in [3.8, 4) is 0 Å². The lowest BCUT2D eigenvalue weighted by atomic mass is 9.95. The molecule has 3 rings (SSSR count). The van der Waals surface area contributed by atoms with Crippen molar-refractivity contribution >= 4 is 22.4 Å². The van der Waals surface area contributed by atoms with Crippen LogP contribution in [0.1, 0.15) is 36.8 Å². The van der Waals surface area contributed by atoms with E-state index in [1.807, 2.05) is 56.3 Å². The summed E-state index contributed by atoms with van der Waals surface area (Å²) in [6, 6.07) is 17.0. The Morgan fingerprint density at radius 2 is 1.60 bits per heavy atom. The van der Waals surface area contributed by atoms with Gasteiger partial charge in [-0.15, -0.1) is 12.4 Å². The van der Waals surface area contributed by atoms with E-state index >= 15 is 0 Å². The number of hydrogen-bond donors (Lipinski definition) is 1. The van der Waals surface area contributed by atoms with Gasteiger partial charge in [0.1, 0.15) is 0 Å². The largest absolute Gasteiger partial charge is 0.326 e. The third-order valence-corrected chi connectivity index (χ3v) is 6.62. The normalized spacial score (nSPS) is 21.3. The highest BCUT2D eigenvalue weighted by Gasteiger charge is 2.39. The van der Waals surface area contributed by atoms with E-state index in [-0.39, 0.29) is 30.3 Å². The van der Waals surface area contributed by atoms with Crippen LogP contribution in [0.4, 0.5) is 0 Å². The van der Waals surface area contributed by atoms with Crippen LogP contribution < -0.4 is 5.73 Å². The standard InChI is InChI=1S/C19H24N2O2S.ClH/c1-14(2)16-10-6-7-11-19(16)24(22,23)21-12-17(18(20)13-21)15-8-4-3-5-9-15;/h3-11,14,17-18H,12-13,20H2,1-2H3;1H/t17-,18+;/m0./s1. The third kappa shape index (κ3) is 3.90. The summed E-state index contributed by atoms with van der Waals surface area (Å²) < 4.78 is 27.8. The average molecular weight is 381 g/mol. The van der Waals surface area contributed by atoms with Gasteiger partial charge in [0.15, 0.2) is 0 Å². The van der Waals surface area contributed by atoms with Gasteiger partial charge < -0.3 is 5.73 Å². The van der Waals surface area contributed by atoms with Crippen molar-refractivity contribution in [3.05, 3.63) is 65.7 Å². The Balaban J connectivity index is 0.00000225. The summed E-state index contributed by atoms with van der Waals surface area (Å²) in [6.45, 7) is 4.81. The molecule has 1 fully saturated rings. The molecule has 0 radical (unpaired) electrons. The summed E-state index contributed by atoms with van der Waals surface area (Å²) in [5, 5.41) is 0. The molecule has 25 heavy (non-hydrogen) atoms. The summed E-state index contributed by atoms with van der Waals surface area (Å²) in [5.41, 5.74) is 8.22. The molecule has 2 N–H and O–H groups in total. The fraction of sp³-hybridized carbons (Fsp3) is 0.368. The monoisotopic (exact) mass is 380 g/mol. The van der Waals surface area contributed by atoms with Crippen LogP contribution in [0.2, 0.25) is 0 Å². The number of nitrogens with two attached hydrogens (primary N) is 1. The molecular weight excluding hydrogens is 356 g/mol. The molecule has 2 aromatic carbocycles. The molecule has 1 aliphatic rings. The van der Waals surface area contributed by atoms with Crippen LogP contribution in [0.15, 0.2) is 59.5 Å². The minimum absolute atomic E-state index is 0. The Labute approximate surface area is 156 Å². The van der Waals surface area contributed by atoms with Crippen molar-refractivity contribution in [2.75, 3.05) is 13.1 Å². The molecule has 2 aromatic rings. The van der Waals surface area contributed by atoms with Gasteiger partial charge in [0.25, 0.3) is 0 Å². The molecule has 2 atom stereocenters. The molecule has 0 spiro atoms. The molecule has 1 aliphatic heterocycles. The van der Waals surface area contributed by atoms with E-state index in [0.29, 0.717) is 18.0 Å².